The maximum atomic E-state index is 5.96. The van der Waals surface area contributed by atoms with Crippen LogP contribution in [0.1, 0.15) is 31.4 Å². The van der Waals surface area contributed by atoms with Crippen LogP contribution in [-0.4, -0.2) is 37.1 Å². The Bertz CT molecular complexity index is 461. The van der Waals surface area contributed by atoms with Crippen molar-refractivity contribution in [2.45, 2.75) is 31.8 Å². The number of fused-ring (bicyclic) bond motifs is 1. The van der Waals surface area contributed by atoms with Crippen LogP contribution in [0.4, 0.5) is 5.69 Å². The van der Waals surface area contributed by atoms with Gasteiger partial charge in [0.05, 0.1) is 0 Å². The molecule has 3 rings (SSSR count). The first kappa shape index (κ1) is 13.4. The second-order valence-corrected chi connectivity index (χ2v) is 6.63. The normalized spacial score (nSPS) is 25.4. The fourth-order valence-corrected chi connectivity index (χ4v) is 4.04. The lowest BCUT2D eigenvalue weighted by molar-refractivity contribution is 0.231. The van der Waals surface area contributed by atoms with Crippen molar-refractivity contribution in [2.24, 2.45) is 5.73 Å². The molecule has 2 atom stereocenters. The summed E-state index contributed by atoms with van der Waals surface area (Å²) in [5, 5.41) is 0. The maximum absolute atomic E-state index is 5.96. The third-order valence-corrected chi connectivity index (χ3v) is 5.11. The largest absolute Gasteiger partial charge is 0.369 e. The van der Waals surface area contributed by atoms with Crippen LogP contribution < -0.4 is 10.6 Å². The highest BCUT2D eigenvalue weighted by molar-refractivity contribution is 9.10. The zero-order valence-electron chi connectivity index (χ0n) is 11.5. The predicted molar refractivity (Wildman–Crippen MR) is 83.6 cm³/mol. The van der Waals surface area contributed by atoms with E-state index in [1.807, 2.05) is 6.92 Å². The van der Waals surface area contributed by atoms with E-state index in [9.17, 15) is 0 Å². The molecule has 0 amide bonds. The number of hydrogen-bond donors (Lipinski definition) is 1. The first-order valence-corrected chi connectivity index (χ1v) is 7.98. The molecular weight excluding hydrogens is 302 g/mol. The van der Waals surface area contributed by atoms with E-state index in [0.29, 0.717) is 0 Å². The Balaban J connectivity index is 1.77. The Kier molecular flexibility index (Phi) is 3.83. The third kappa shape index (κ3) is 2.67. The summed E-state index contributed by atoms with van der Waals surface area (Å²) in [6, 6.07) is 7.44. The number of rotatable bonds is 2. The molecule has 0 aliphatic carbocycles. The third-order valence-electron chi connectivity index (χ3n) is 4.43. The molecule has 0 spiro atoms. The van der Waals surface area contributed by atoms with Crippen molar-refractivity contribution in [3.8, 4) is 0 Å². The van der Waals surface area contributed by atoms with Gasteiger partial charge in [-0.05, 0) is 44.0 Å². The molecule has 104 valence electrons. The van der Waals surface area contributed by atoms with Gasteiger partial charge in [0.1, 0.15) is 0 Å². The Labute approximate surface area is 123 Å². The van der Waals surface area contributed by atoms with E-state index in [1.54, 1.807) is 0 Å². The summed E-state index contributed by atoms with van der Waals surface area (Å²) >= 11 is 3.65. The van der Waals surface area contributed by atoms with Crippen LogP contribution in [0.5, 0.6) is 0 Å². The van der Waals surface area contributed by atoms with E-state index in [-0.39, 0.29) is 6.04 Å². The molecule has 4 heteroatoms. The molecule has 3 nitrogen and oxygen atoms in total. The van der Waals surface area contributed by atoms with Gasteiger partial charge < -0.3 is 10.6 Å². The Morgan fingerprint density at radius 2 is 2.16 bits per heavy atom. The van der Waals surface area contributed by atoms with Crippen LogP contribution in [0.15, 0.2) is 22.7 Å². The van der Waals surface area contributed by atoms with E-state index >= 15 is 0 Å². The quantitative estimate of drug-likeness (QED) is 0.908. The van der Waals surface area contributed by atoms with Gasteiger partial charge >= 0.3 is 0 Å². The average Bonchev–Trinajstić information content (AvgIpc) is 2.85. The van der Waals surface area contributed by atoms with E-state index in [1.165, 1.54) is 43.7 Å². The average molecular weight is 324 g/mol. The number of anilines is 1. The fourth-order valence-electron chi connectivity index (χ4n) is 3.31. The number of benzene rings is 1. The molecule has 2 N–H and O–H groups in total. The molecule has 0 radical (unpaired) electrons. The van der Waals surface area contributed by atoms with Gasteiger partial charge in [0.15, 0.2) is 0 Å². The van der Waals surface area contributed by atoms with Crippen molar-refractivity contribution in [3.05, 3.63) is 28.2 Å². The molecule has 2 aliphatic rings. The van der Waals surface area contributed by atoms with Crippen molar-refractivity contribution >= 4 is 21.6 Å². The lowest BCUT2D eigenvalue weighted by Crippen LogP contribution is -2.50. The van der Waals surface area contributed by atoms with Crippen LogP contribution in [0.3, 0.4) is 0 Å². The van der Waals surface area contributed by atoms with Crippen molar-refractivity contribution in [1.82, 2.24) is 4.90 Å². The Morgan fingerprint density at radius 3 is 2.89 bits per heavy atom. The summed E-state index contributed by atoms with van der Waals surface area (Å²) in [6.45, 7) is 6.84. The molecule has 1 unspecified atom stereocenters. The zero-order valence-corrected chi connectivity index (χ0v) is 13.1. The number of nitrogens with zero attached hydrogens (tertiary/aromatic N) is 2. The Hall–Kier alpha value is -0.580. The standard InChI is InChI=1S/C15H22BrN3/c1-11(17)14-5-4-12(9-15(14)16)19-8-7-18-6-2-3-13(18)10-19/h4-5,9,11,13H,2-3,6-8,10,17H2,1H3/t11-,13?/m1/s1. The fraction of sp³-hybridized carbons (Fsp3) is 0.600. The molecule has 19 heavy (non-hydrogen) atoms. The van der Waals surface area contributed by atoms with E-state index < -0.39 is 0 Å². The van der Waals surface area contributed by atoms with Crippen molar-refractivity contribution in [2.75, 3.05) is 31.1 Å². The van der Waals surface area contributed by atoms with Crippen LogP contribution in [-0.2, 0) is 0 Å². The molecular formula is C15H22BrN3. The lowest BCUT2D eigenvalue weighted by Gasteiger charge is -2.39. The SMILES string of the molecule is C[C@@H](N)c1ccc(N2CCN3CCCC3C2)cc1Br. The number of nitrogens with two attached hydrogens (primary N) is 1. The van der Waals surface area contributed by atoms with Gasteiger partial charge in [0, 0.05) is 41.9 Å². The molecule has 2 fully saturated rings. The van der Waals surface area contributed by atoms with Crippen LogP contribution in [0.25, 0.3) is 0 Å². The summed E-state index contributed by atoms with van der Waals surface area (Å²) in [4.78, 5) is 5.16. The van der Waals surface area contributed by atoms with Gasteiger partial charge in [-0.2, -0.15) is 0 Å². The minimum Gasteiger partial charge on any atom is -0.369 e. The van der Waals surface area contributed by atoms with Crippen molar-refractivity contribution in [3.63, 3.8) is 0 Å². The van der Waals surface area contributed by atoms with Gasteiger partial charge in [-0.1, -0.05) is 22.0 Å². The van der Waals surface area contributed by atoms with Crippen LogP contribution >= 0.6 is 15.9 Å². The highest BCUT2D eigenvalue weighted by Crippen LogP contribution is 2.30. The minimum atomic E-state index is 0.0788. The first-order chi connectivity index (χ1) is 9.15. The molecule has 0 aromatic heterocycles. The molecule has 1 aromatic carbocycles. The lowest BCUT2D eigenvalue weighted by atomic mass is 10.1. The zero-order chi connectivity index (χ0) is 13.4. The van der Waals surface area contributed by atoms with Gasteiger partial charge in [0.2, 0.25) is 0 Å². The van der Waals surface area contributed by atoms with E-state index in [4.69, 9.17) is 5.73 Å². The monoisotopic (exact) mass is 323 g/mol. The molecule has 2 aliphatic heterocycles. The second kappa shape index (κ2) is 5.43. The van der Waals surface area contributed by atoms with E-state index in [2.05, 4.69) is 43.9 Å². The van der Waals surface area contributed by atoms with Crippen molar-refractivity contribution < 1.29 is 0 Å². The second-order valence-electron chi connectivity index (χ2n) is 5.77. The predicted octanol–water partition coefficient (Wildman–Crippen LogP) is 2.75. The van der Waals surface area contributed by atoms with Crippen LogP contribution in [0, 0.1) is 0 Å². The minimum absolute atomic E-state index is 0.0788. The molecule has 2 saturated heterocycles. The first-order valence-electron chi connectivity index (χ1n) is 7.19. The topological polar surface area (TPSA) is 32.5 Å². The molecule has 0 saturated carbocycles. The van der Waals surface area contributed by atoms with Gasteiger partial charge in [-0.3, -0.25) is 4.90 Å². The summed E-state index contributed by atoms with van der Waals surface area (Å²) in [5.41, 5.74) is 8.47. The summed E-state index contributed by atoms with van der Waals surface area (Å²) in [6.07, 6.45) is 2.72. The van der Waals surface area contributed by atoms with E-state index in [0.717, 1.165) is 17.1 Å². The van der Waals surface area contributed by atoms with Gasteiger partial charge in [0.25, 0.3) is 0 Å². The summed E-state index contributed by atoms with van der Waals surface area (Å²) < 4.78 is 1.13. The summed E-state index contributed by atoms with van der Waals surface area (Å²) in [5.74, 6) is 0. The number of halogens is 1. The number of hydrogen-bond acceptors (Lipinski definition) is 3. The molecule has 0 bridgehead atoms. The summed E-state index contributed by atoms with van der Waals surface area (Å²) in [7, 11) is 0. The van der Waals surface area contributed by atoms with Crippen molar-refractivity contribution in [1.29, 1.82) is 0 Å². The maximum Gasteiger partial charge on any atom is 0.0378 e. The smallest absolute Gasteiger partial charge is 0.0378 e. The highest BCUT2D eigenvalue weighted by atomic mass is 79.9. The highest BCUT2D eigenvalue weighted by Gasteiger charge is 2.30. The Morgan fingerprint density at radius 1 is 1.32 bits per heavy atom. The van der Waals surface area contributed by atoms with Crippen LogP contribution in [0.2, 0.25) is 0 Å². The molecule has 2 heterocycles. The molecule has 1 aromatic rings. The number of piperazine rings is 1. The van der Waals surface area contributed by atoms with Gasteiger partial charge in [-0.15, -0.1) is 0 Å². The van der Waals surface area contributed by atoms with Gasteiger partial charge in [-0.25, -0.2) is 0 Å².